The quantitative estimate of drug-likeness (QED) is 0.525. The van der Waals surface area contributed by atoms with Crippen LogP contribution >= 0.6 is 0 Å². The lowest BCUT2D eigenvalue weighted by Crippen LogP contribution is -2.32. The number of benzene rings is 3. The molecule has 1 aromatic heterocycles. The first-order valence-electron chi connectivity index (χ1n) is 10.2. The number of nitrogens with one attached hydrogen (secondary N) is 1. The topological polar surface area (TPSA) is 61.2 Å². The Labute approximate surface area is 179 Å². The molecule has 0 unspecified atom stereocenters. The van der Waals surface area contributed by atoms with E-state index in [-0.39, 0.29) is 12.1 Å². The summed E-state index contributed by atoms with van der Waals surface area (Å²) in [6, 6.07) is 26.4. The summed E-state index contributed by atoms with van der Waals surface area (Å²) in [6.45, 7) is 0. The van der Waals surface area contributed by atoms with Gasteiger partial charge in [0.2, 0.25) is 5.95 Å². The van der Waals surface area contributed by atoms with Crippen LogP contribution in [0.15, 0.2) is 90.8 Å². The Balaban J connectivity index is 1.60. The van der Waals surface area contributed by atoms with Crippen LogP contribution in [0.1, 0.15) is 28.8 Å². The second-order valence-corrected chi connectivity index (χ2v) is 7.56. The Morgan fingerprint density at radius 1 is 0.903 bits per heavy atom. The zero-order chi connectivity index (χ0) is 20.8. The standard InChI is InChI=1S/C25H20N4O2/c1-30-18-13-11-17(12-14-18)24-21-22(19-9-5-6-10-20(19)31-24)28-25-26-15-27-29(25)23(21)16-7-3-2-4-8-16/h2-15,23-24H,1H3,(H,26,27,28)/t23-,24-/m1/s1. The molecule has 0 radical (unpaired) electrons. The molecule has 31 heavy (non-hydrogen) atoms. The molecule has 0 saturated heterocycles. The summed E-state index contributed by atoms with van der Waals surface area (Å²) in [5.74, 6) is 2.38. The second kappa shape index (κ2) is 7.02. The van der Waals surface area contributed by atoms with Crippen LogP contribution in [0.4, 0.5) is 5.95 Å². The van der Waals surface area contributed by atoms with Crippen molar-refractivity contribution in [3.05, 3.63) is 107 Å². The molecule has 2 aliphatic heterocycles. The fraction of sp³-hybridized carbons (Fsp3) is 0.120. The number of methoxy groups -OCH3 is 1. The Bertz CT molecular complexity index is 1280. The van der Waals surface area contributed by atoms with Gasteiger partial charge in [0.25, 0.3) is 0 Å². The molecule has 152 valence electrons. The molecule has 1 N–H and O–H groups in total. The van der Waals surface area contributed by atoms with Crippen LogP contribution in [0.5, 0.6) is 11.5 Å². The number of fused-ring (bicyclic) bond motifs is 3. The average Bonchev–Trinajstić information content (AvgIpc) is 3.31. The minimum absolute atomic E-state index is 0.143. The van der Waals surface area contributed by atoms with E-state index in [1.54, 1.807) is 13.4 Å². The minimum Gasteiger partial charge on any atom is -0.497 e. The van der Waals surface area contributed by atoms with E-state index in [2.05, 4.69) is 45.7 Å². The van der Waals surface area contributed by atoms with Gasteiger partial charge in [-0.25, -0.2) is 4.68 Å². The van der Waals surface area contributed by atoms with Gasteiger partial charge < -0.3 is 14.8 Å². The summed E-state index contributed by atoms with van der Waals surface area (Å²) in [4.78, 5) is 4.47. The number of ether oxygens (including phenoxy) is 2. The molecule has 0 fully saturated rings. The van der Waals surface area contributed by atoms with Crippen molar-refractivity contribution >= 4 is 11.6 Å². The van der Waals surface area contributed by atoms with Crippen molar-refractivity contribution in [1.82, 2.24) is 14.8 Å². The Kier molecular flexibility index (Phi) is 4.02. The molecule has 4 aromatic rings. The van der Waals surface area contributed by atoms with E-state index >= 15 is 0 Å². The summed E-state index contributed by atoms with van der Waals surface area (Å²) < 4.78 is 13.9. The van der Waals surface area contributed by atoms with Crippen molar-refractivity contribution in [1.29, 1.82) is 0 Å². The number of hydrogen-bond donors (Lipinski definition) is 1. The lowest BCUT2D eigenvalue weighted by atomic mass is 9.84. The number of aromatic nitrogens is 3. The normalized spacial score (nSPS) is 18.9. The fourth-order valence-electron chi connectivity index (χ4n) is 4.43. The highest BCUT2D eigenvalue weighted by Gasteiger charge is 2.40. The van der Waals surface area contributed by atoms with E-state index < -0.39 is 0 Å². The van der Waals surface area contributed by atoms with Crippen LogP contribution in [0.3, 0.4) is 0 Å². The van der Waals surface area contributed by atoms with E-state index in [1.165, 1.54) is 0 Å². The van der Waals surface area contributed by atoms with E-state index in [9.17, 15) is 0 Å². The Morgan fingerprint density at radius 2 is 1.68 bits per heavy atom. The number of rotatable bonds is 3. The van der Waals surface area contributed by atoms with E-state index in [0.717, 1.165) is 45.4 Å². The summed E-state index contributed by atoms with van der Waals surface area (Å²) in [6.07, 6.45) is 1.30. The van der Waals surface area contributed by atoms with E-state index in [0.29, 0.717) is 0 Å². The smallest absolute Gasteiger partial charge is 0.226 e. The average molecular weight is 408 g/mol. The fourth-order valence-corrected chi connectivity index (χ4v) is 4.43. The van der Waals surface area contributed by atoms with Crippen molar-refractivity contribution < 1.29 is 9.47 Å². The minimum atomic E-state index is -0.286. The van der Waals surface area contributed by atoms with Gasteiger partial charge in [-0.15, -0.1) is 0 Å². The largest absolute Gasteiger partial charge is 0.497 e. The summed E-state index contributed by atoms with van der Waals surface area (Å²) in [5.41, 5.74) is 5.33. The summed E-state index contributed by atoms with van der Waals surface area (Å²) in [7, 11) is 1.67. The van der Waals surface area contributed by atoms with E-state index in [1.807, 2.05) is 53.2 Å². The number of hydrogen-bond acceptors (Lipinski definition) is 5. The van der Waals surface area contributed by atoms with Gasteiger partial charge in [-0.05, 0) is 35.4 Å². The van der Waals surface area contributed by atoms with Crippen molar-refractivity contribution in [3.63, 3.8) is 0 Å². The number of anilines is 1. The monoisotopic (exact) mass is 408 g/mol. The highest BCUT2D eigenvalue weighted by Crippen LogP contribution is 2.50. The third-order valence-corrected chi connectivity index (χ3v) is 5.86. The first-order valence-corrected chi connectivity index (χ1v) is 10.2. The predicted octanol–water partition coefficient (Wildman–Crippen LogP) is 4.85. The maximum Gasteiger partial charge on any atom is 0.226 e. The van der Waals surface area contributed by atoms with Gasteiger partial charge in [0.05, 0.1) is 12.8 Å². The SMILES string of the molecule is COc1ccc([C@H]2Oc3ccccc3C3=C2[C@@H](c2ccccc2)n2ncnc2N3)cc1. The van der Waals surface area contributed by atoms with Gasteiger partial charge in [-0.1, -0.05) is 54.6 Å². The highest BCUT2D eigenvalue weighted by atomic mass is 16.5. The molecule has 6 heteroatoms. The summed E-state index contributed by atoms with van der Waals surface area (Å²) in [5, 5.41) is 8.07. The van der Waals surface area contributed by atoms with Crippen molar-refractivity contribution in [3.8, 4) is 11.5 Å². The first-order chi connectivity index (χ1) is 15.3. The Morgan fingerprint density at radius 3 is 2.48 bits per heavy atom. The zero-order valence-corrected chi connectivity index (χ0v) is 16.9. The summed E-state index contributed by atoms with van der Waals surface area (Å²) >= 11 is 0. The van der Waals surface area contributed by atoms with Crippen molar-refractivity contribution in [2.75, 3.05) is 12.4 Å². The molecule has 3 heterocycles. The van der Waals surface area contributed by atoms with Crippen LogP contribution in [0.2, 0.25) is 0 Å². The van der Waals surface area contributed by atoms with Crippen LogP contribution in [-0.4, -0.2) is 21.9 Å². The molecule has 3 aromatic carbocycles. The maximum atomic E-state index is 6.60. The highest BCUT2D eigenvalue weighted by molar-refractivity contribution is 5.85. The van der Waals surface area contributed by atoms with Gasteiger partial charge in [-0.2, -0.15) is 10.1 Å². The van der Waals surface area contributed by atoms with Crippen molar-refractivity contribution in [2.24, 2.45) is 0 Å². The third-order valence-electron chi connectivity index (χ3n) is 5.86. The van der Waals surface area contributed by atoms with Gasteiger partial charge >= 0.3 is 0 Å². The molecule has 0 saturated carbocycles. The molecule has 6 nitrogen and oxygen atoms in total. The molecule has 0 bridgehead atoms. The first kappa shape index (κ1) is 17.8. The van der Waals surface area contributed by atoms with Gasteiger partial charge in [0.1, 0.15) is 30.0 Å². The molecular weight excluding hydrogens is 388 g/mol. The van der Waals surface area contributed by atoms with Crippen LogP contribution in [-0.2, 0) is 0 Å². The van der Waals surface area contributed by atoms with Gasteiger partial charge in [-0.3, -0.25) is 0 Å². The van der Waals surface area contributed by atoms with Gasteiger partial charge in [0, 0.05) is 11.1 Å². The molecule has 6 rings (SSSR count). The van der Waals surface area contributed by atoms with Crippen molar-refractivity contribution in [2.45, 2.75) is 12.1 Å². The molecule has 2 aliphatic rings. The molecule has 0 amide bonds. The number of para-hydroxylation sites is 1. The number of nitrogens with zero attached hydrogens (tertiary/aromatic N) is 3. The van der Waals surface area contributed by atoms with Crippen LogP contribution in [0.25, 0.3) is 5.70 Å². The van der Waals surface area contributed by atoms with Gasteiger partial charge in [0.15, 0.2) is 0 Å². The molecule has 0 spiro atoms. The van der Waals surface area contributed by atoms with E-state index in [4.69, 9.17) is 9.47 Å². The lowest BCUT2D eigenvalue weighted by molar-refractivity contribution is 0.223. The maximum absolute atomic E-state index is 6.60. The van der Waals surface area contributed by atoms with Crippen LogP contribution < -0.4 is 14.8 Å². The third kappa shape index (κ3) is 2.79. The molecule has 2 atom stereocenters. The molecule has 0 aliphatic carbocycles. The molecular formula is C25H20N4O2. The lowest BCUT2D eigenvalue weighted by Gasteiger charge is -2.39. The second-order valence-electron chi connectivity index (χ2n) is 7.56. The Hall–Kier alpha value is -4.06. The zero-order valence-electron chi connectivity index (χ0n) is 16.9. The van der Waals surface area contributed by atoms with Crippen LogP contribution in [0, 0.1) is 0 Å². The predicted molar refractivity (Wildman–Crippen MR) is 118 cm³/mol.